The van der Waals surface area contributed by atoms with E-state index in [-0.39, 0.29) is 0 Å². The van der Waals surface area contributed by atoms with E-state index in [9.17, 15) is 0 Å². The lowest BCUT2D eigenvalue weighted by Gasteiger charge is -2.15. The summed E-state index contributed by atoms with van der Waals surface area (Å²) in [5.41, 5.74) is 2.17. The highest BCUT2D eigenvalue weighted by molar-refractivity contribution is 9.10. The van der Waals surface area contributed by atoms with Gasteiger partial charge in [-0.2, -0.15) is 0 Å². The Morgan fingerprint density at radius 3 is 2.76 bits per heavy atom. The van der Waals surface area contributed by atoms with Gasteiger partial charge in [0.15, 0.2) is 11.5 Å². The van der Waals surface area contributed by atoms with Crippen LogP contribution in [0, 0.1) is 0 Å². The molecular weight excluding hydrogens is 382 g/mol. The minimum Gasteiger partial charge on any atom is -0.493 e. The number of hydrogen-bond donors (Lipinski definition) is 1. The number of methoxy groups -OCH3 is 1. The minimum absolute atomic E-state index is 0.449. The van der Waals surface area contributed by atoms with Crippen molar-refractivity contribution in [3.63, 3.8) is 0 Å². The second-order valence-corrected chi connectivity index (χ2v) is 6.95. The Labute approximate surface area is 158 Å². The Kier molecular flexibility index (Phi) is 8.18. The lowest BCUT2D eigenvalue weighted by molar-refractivity contribution is 0.282. The molecule has 0 spiro atoms. The third kappa shape index (κ3) is 6.65. The van der Waals surface area contributed by atoms with E-state index in [1.807, 2.05) is 18.2 Å². The van der Waals surface area contributed by atoms with Gasteiger partial charge in [-0.05, 0) is 73.3 Å². The van der Waals surface area contributed by atoms with E-state index in [1.165, 1.54) is 0 Å². The second kappa shape index (κ2) is 10.4. The summed E-state index contributed by atoms with van der Waals surface area (Å²) in [6.07, 6.45) is 4.67. The van der Waals surface area contributed by atoms with Crippen LogP contribution < -0.4 is 14.8 Å². The van der Waals surface area contributed by atoms with Crippen LogP contribution in [0.25, 0.3) is 0 Å². The van der Waals surface area contributed by atoms with Crippen LogP contribution in [0.1, 0.15) is 17.5 Å². The molecule has 0 fully saturated rings. The lowest BCUT2D eigenvalue weighted by atomic mass is 10.2. The van der Waals surface area contributed by atoms with Gasteiger partial charge in [-0.1, -0.05) is 6.07 Å². The maximum absolute atomic E-state index is 5.93. The first-order valence-corrected chi connectivity index (χ1v) is 9.13. The van der Waals surface area contributed by atoms with Crippen molar-refractivity contribution in [3.05, 3.63) is 52.3 Å². The largest absolute Gasteiger partial charge is 0.493 e. The number of halogens is 1. The quantitative estimate of drug-likeness (QED) is 0.610. The first kappa shape index (κ1) is 19.7. The van der Waals surface area contributed by atoms with Gasteiger partial charge in [0.25, 0.3) is 0 Å². The predicted molar refractivity (Wildman–Crippen MR) is 104 cm³/mol. The molecule has 0 aliphatic rings. The Hall–Kier alpha value is -1.63. The number of nitrogens with zero attached hydrogens (tertiary/aromatic N) is 2. The van der Waals surface area contributed by atoms with E-state index in [4.69, 9.17) is 9.47 Å². The number of rotatable bonds is 10. The molecule has 0 saturated heterocycles. The van der Waals surface area contributed by atoms with Crippen LogP contribution in [0.3, 0.4) is 0 Å². The zero-order valence-corrected chi connectivity index (χ0v) is 16.7. The van der Waals surface area contributed by atoms with Gasteiger partial charge in [-0.25, -0.2) is 0 Å². The van der Waals surface area contributed by atoms with Crippen molar-refractivity contribution >= 4 is 15.9 Å². The summed E-state index contributed by atoms with van der Waals surface area (Å²) in [6.45, 7) is 3.31. The van der Waals surface area contributed by atoms with E-state index in [2.05, 4.69) is 51.3 Å². The van der Waals surface area contributed by atoms with Gasteiger partial charge in [0.1, 0.15) is 6.61 Å². The first-order chi connectivity index (χ1) is 12.1. The number of benzene rings is 1. The van der Waals surface area contributed by atoms with Gasteiger partial charge < -0.3 is 19.7 Å². The second-order valence-electron chi connectivity index (χ2n) is 6.09. The molecule has 5 nitrogen and oxygen atoms in total. The number of nitrogens with one attached hydrogen (secondary N) is 1. The summed E-state index contributed by atoms with van der Waals surface area (Å²) in [5, 5.41) is 3.46. The molecule has 6 heteroatoms. The Balaban J connectivity index is 1.95. The SMILES string of the molecule is COc1cc(CNCCCN(C)C)cc(Br)c1OCc1cccnc1. The Morgan fingerprint density at radius 2 is 2.08 bits per heavy atom. The zero-order valence-electron chi connectivity index (χ0n) is 15.1. The van der Waals surface area contributed by atoms with Crippen molar-refractivity contribution in [2.75, 3.05) is 34.3 Å². The number of hydrogen-bond acceptors (Lipinski definition) is 5. The molecule has 136 valence electrons. The highest BCUT2D eigenvalue weighted by Gasteiger charge is 2.12. The molecule has 2 aromatic rings. The van der Waals surface area contributed by atoms with E-state index in [0.717, 1.165) is 47.4 Å². The van der Waals surface area contributed by atoms with Gasteiger partial charge in [0.05, 0.1) is 11.6 Å². The van der Waals surface area contributed by atoms with Gasteiger partial charge in [0, 0.05) is 24.5 Å². The van der Waals surface area contributed by atoms with Crippen LogP contribution >= 0.6 is 15.9 Å². The van der Waals surface area contributed by atoms with E-state index in [0.29, 0.717) is 12.4 Å². The maximum atomic E-state index is 5.93. The van der Waals surface area contributed by atoms with Crippen molar-refractivity contribution in [1.82, 2.24) is 15.2 Å². The Bertz CT molecular complexity index is 651. The average molecular weight is 408 g/mol. The van der Waals surface area contributed by atoms with Gasteiger partial charge in [-0.15, -0.1) is 0 Å². The van der Waals surface area contributed by atoms with Crippen LogP contribution in [0.4, 0.5) is 0 Å². The topological polar surface area (TPSA) is 46.6 Å². The van der Waals surface area contributed by atoms with Crippen molar-refractivity contribution in [3.8, 4) is 11.5 Å². The minimum atomic E-state index is 0.449. The molecule has 0 saturated carbocycles. The summed E-state index contributed by atoms with van der Waals surface area (Å²) in [6, 6.07) is 7.97. The van der Waals surface area contributed by atoms with E-state index < -0.39 is 0 Å². The molecule has 0 radical (unpaired) electrons. The molecule has 1 aromatic carbocycles. The molecule has 0 atom stereocenters. The number of pyridine rings is 1. The smallest absolute Gasteiger partial charge is 0.175 e. The molecule has 0 unspecified atom stereocenters. The van der Waals surface area contributed by atoms with Crippen LogP contribution in [0.5, 0.6) is 11.5 Å². The molecule has 1 aromatic heterocycles. The lowest BCUT2D eigenvalue weighted by Crippen LogP contribution is -2.21. The van der Waals surface area contributed by atoms with Crippen LogP contribution in [-0.4, -0.2) is 44.2 Å². The van der Waals surface area contributed by atoms with Gasteiger partial charge in [-0.3, -0.25) is 4.98 Å². The molecule has 0 aliphatic carbocycles. The van der Waals surface area contributed by atoms with Crippen molar-refractivity contribution in [2.45, 2.75) is 19.6 Å². The van der Waals surface area contributed by atoms with Crippen molar-refractivity contribution in [1.29, 1.82) is 0 Å². The fraction of sp³-hybridized carbons (Fsp3) is 0.421. The summed E-state index contributed by atoms with van der Waals surface area (Å²) in [5.74, 6) is 1.44. The monoisotopic (exact) mass is 407 g/mol. The summed E-state index contributed by atoms with van der Waals surface area (Å²) < 4.78 is 12.3. The molecule has 25 heavy (non-hydrogen) atoms. The predicted octanol–water partition coefficient (Wildman–Crippen LogP) is 3.47. The third-order valence-corrected chi connectivity index (χ3v) is 4.27. The third-order valence-electron chi connectivity index (χ3n) is 3.68. The summed E-state index contributed by atoms with van der Waals surface area (Å²) in [4.78, 5) is 6.29. The van der Waals surface area contributed by atoms with Gasteiger partial charge in [0.2, 0.25) is 0 Å². The van der Waals surface area contributed by atoms with E-state index >= 15 is 0 Å². The maximum Gasteiger partial charge on any atom is 0.175 e. The summed E-state index contributed by atoms with van der Waals surface area (Å²) in [7, 11) is 5.84. The van der Waals surface area contributed by atoms with E-state index in [1.54, 1.807) is 19.5 Å². The Morgan fingerprint density at radius 1 is 1.24 bits per heavy atom. The van der Waals surface area contributed by atoms with Crippen molar-refractivity contribution < 1.29 is 9.47 Å². The highest BCUT2D eigenvalue weighted by atomic mass is 79.9. The molecule has 1 N–H and O–H groups in total. The molecule has 0 bridgehead atoms. The fourth-order valence-electron chi connectivity index (χ4n) is 2.41. The molecule has 2 rings (SSSR count). The van der Waals surface area contributed by atoms with Crippen LogP contribution in [-0.2, 0) is 13.2 Å². The van der Waals surface area contributed by atoms with Crippen LogP contribution in [0.15, 0.2) is 41.1 Å². The first-order valence-electron chi connectivity index (χ1n) is 8.33. The molecule has 1 heterocycles. The van der Waals surface area contributed by atoms with Gasteiger partial charge >= 0.3 is 0 Å². The van der Waals surface area contributed by atoms with Crippen molar-refractivity contribution in [2.24, 2.45) is 0 Å². The normalized spacial score (nSPS) is 10.9. The molecule has 0 amide bonds. The average Bonchev–Trinajstić information content (AvgIpc) is 2.60. The number of aromatic nitrogens is 1. The molecular formula is C19H26BrN3O2. The molecule has 0 aliphatic heterocycles. The fourth-order valence-corrected chi connectivity index (χ4v) is 3.01. The summed E-state index contributed by atoms with van der Waals surface area (Å²) >= 11 is 3.60. The standard InChI is InChI=1S/C19H26BrN3O2/c1-23(2)9-5-8-22-13-16-10-17(20)19(18(11-16)24-3)25-14-15-6-4-7-21-12-15/h4,6-7,10-12,22H,5,8-9,13-14H2,1-3H3. The zero-order chi connectivity index (χ0) is 18.1. The number of ether oxygens (including phenoxy) is 2. The highest BCUT2D eigenvalue weighted by Crippen LogP contribution is 2.37. The van der Waals surface area contributed by atoms with Crippen LogP contribution in [0.2, 0.25) is 0 Å².